The number of hydrogen-bond acceptors (Lipinski definition) is 3. The molecule has 1 atom stereocenters. The quantitative estimate of drug-likeness (QED) is 0.583. The van der Waals surface area contributed by atoms with Gasteiger partial charge >= 0.3 is 0 Å². The van der Waals surface area contributed by atoms with Crippen molar-refractivity contribution in [3.63, 3.8) is 0 Å². The van der Waals surface area contributed by atoms with E-state index in [0.29, 0.717) is 13.2 Å². The van der Waals surface area contributed by atoms with Crippen molar-refractivity contribution in [2.75, 3.05) is 19.8 Å². The Balaban J connectivity index is 3.43. The molecule has 72 valence electrons. The maximum Gasteiger partial charge on any atom is 0.161 e. The third kappa shape index (κ3) is 5.27. The summed E-state index contributed by atoms with van der Waals surface area (Å²) in [6.45, 7) is 5.19. The molecule has 0 saturated heterocycles. The normalized spacial score (nSPS) is 12.9. The van der Waals surface area contributed by atoms with Crippen LogP contribution in [0.4, 0.5) is 0 Å². The second kappa shape index (κ2) is 7.25. The van der Waals surface area contributed by atoms with Gasteiger partial charge in [0.05, 0.1) is 6.61 Å². The van der Waals surface area contributed by atoms with Crippen molar-refractivity contribution in [3.05, 3.63) is 0 Å². The Kier molecular flexibility index (Phi) is 7.00. The Labute approximate surface area is 74.3 Å². The second-order valence-corrected chi connectivity index (χ2v) is 3.00. The van der Waals surface area contributed by atoms with Crippen LogP contribution in [-0.2, 0) is 9.53 Å². The first kappa shape index (κ1) is 11.6. The van der Waals surface area contributed by atoms with Gasteiger partial charge in [0.15, 0.2) is 5.78 Å². The summed E-state index contributed by atoms with van der Waals surface area (Å²) in [5.41, 5.74) is 5.21. The largest absolute Gasteiger partial charge is 0.372 e. The van der Waals surface area contributed by atoms with Gasteiger partial charge in [-0.3, -0.25) is 4.79 Å². The van der Waals surface area contributed by atoms with Gasteiger partial charge in [0.2, 0.25) is 0 Å². The number of carbonyl (C=O) groups is 1. The van der Waals surface area contributed by atoms with Crippen LogP contribution in [0.5, 0.6) is 0 Å². The number of ketones is 1. The van der Waals surface area contributed by atoms with E-state index in [0.717, 1.165) is 12.8 Å². The van der Waals surface area contributed by atoms with Gasteiger partial charge in [-0.05, 0) is 6.42 Å². The third-order valence-corrected chi connectivity index (χ3v) is 1.78. The fourth-order valence-electron chi connectivity index (χ4n) is 0.992. The maximum absolute atomic E-state index is 11.2. The third-order valence-electron chi connectivity index (χ3n) is 1.78. The van der Waals surface area contributed by atoms with E-state index in [1.165, 1.54) is 0 Å². The first-order chi connectivity index (χ1) is 5.72. The van der Waals surface area contributed by atoms with E-state index in [1.807, 2.05) is 6.92 Å². The molecular formula is C9H19NO2. The van der Waals surface area contributed by atoms with Gasteiger partial charge in [-0.25, -0.2) is 0 Å². The standard InChI is InChI=1S/C9H19NO2/c1-3-4-8(2)9(11)7-12-6-5-10/h8H,3-7,10H2,1-2H3. The highest BCUT2D eigenvalue weighted by Gasteiger charge is 2.10. The van der Waals surface area contributed by atoms with E-state index in [1.54, 1.807) is 0 Å². The van der Waals surface area contributed by atoms with Crippen LogP contribution < -0.4 is 5.73 Å². The highest BCUT2D eigenvalue weighted by atomic mass is 16.5. The fraction of sp³-hybridized carbons (Fsp3) is 0.889. The molecule has 3 nitrogen and oxygen atoms in total. The molecule has 2 N–H and O–H groups in total. The molecular weight excluding hydrogens is 154 g/mol. The Morgan fingerprint density at radius 1 is 1.58 bits per heavy atom. The summed E-state index contributed by atoms with van der Waals surface area (Å²) in [4.78, 5) is 11.2. The smallest absolute Gasteiger partial charge is 0.161 e. The molecule has 0 aromatic heterocycles. The summed E-state index contributed by atoms with van der Waals surface area (Å²) in [7, 11) is 0. The van der Waals surface area contributed by atoms with Gasteiger partial charge in [0.1, 0.15) is 6.61 Å². The van der Waals surface area contributed by atoms with Gasteiger partial charge in [0.25, 0.3) is 0 Å². The van der Waals surface area contributed by atoms with E-state index in [-0.39, 0.29) is 18.3 Å². The predicted octanol–water partition coefficient (Wildman–Crippen LogP) is 0.967. The van der Waals surface area contributed by atoms with Crippen LogP contribution in [-0.4, -0.2) is 25.5 Å². The Morgan fingerprint density at radius 2 is 2.25 bits per heavy atom. The molecule has 0 rings (SSSR count). The van der Waals surface area contributed by atoms with Crippen LogP contribution in [0.15, 0.2) is 0 Å². The van der Waals surface area contributed by atoms with Crippen molar-refractivity contribution in [1.29, 1.82) is 0 Å². The van der Waals surface area contributed by atoms with Crippen LogP contribution in [0.2, 0.25) is 0 Å². The summed E-state index contributed by atoms with van der Waals surface area (Å²) >= 11 is 0. The Bertz CT molecular complexity index is 126. The Morgan fingerprint density at radius 3 is 2.75 bits per heavy atom. The number of Topliss-reactive ketones (excluding diaryl/α,β-unsaturated/α-hetero) is 1. The van der Waals surface area contributed by atoms with Crippen molar-refractivity contribution in [1.82, 2.24) is 0 Å². The number of ether oxygens (including phenoxy) is 1. The molecule has 0 aromatic rings. The minimum Gasteiger partial charge on any atom is -0.372 e. The lowest BCUT2D eigenvalue weighted by atomic mass is 10.0. The van der Waals surface area contributed by atoms with Crippen LogP contribution in [0.1, 0.15) is 26.7 Å². The summed E-state index contributed by atoms with van der Waals surface area (Å²) in [6, 6.07) is 0. The molecule has 0 aromatic carbocycles. The van der Waals surface area contributed by atoms with Gasteiger partial charge in [-0.1, -0.05) is 20.3 Å². The molecule has 0 bridgehead atoms. The monoisotopic (exact) mass is 173 g/mol. The number of hydrogen-bond donors (Lipinski definition) is 1. The lowest BCUT2D eigenvalue weighted by Crippen LogP contribution is -2.19. The van der Waals surface area contributed by atoms with Crippen molar-refractivity contribution in [2.45, 2.75) is 26.7 Å². The van der Waals surface area contributed by atoms with Gasteiger partial charge < -0.3 is 10.5 Å². The molecule has 0 aliphatic heterocycles. The molecule has 0 saturated carbocycles. The van der Waals surface area contributed by atoms with Crippen LogP contribution in [0.25, 0.3) is 0 Å². The molecule has 0 heterocycles. The molecule has 0 fully saturated rings. The van der Waals surface area contributed by atoms with Crippen LogP contribution in [0.3, 0.4) is 0 Å². The zero-order valence-electron chi connectivity index (χ0n) is 8.01. The molecule has 1 unspecified atom stereocenters. The van der Waals surface area contributed by atoms with Crippen molar-refractivity contribution >= 4 is 5.78 Å². The van der Waals surface area contributed by atoms with Crippen LogP contribution in [0, 0.1) is 5.92 Å². The molecule has 0 spiro atoms. The van der Waals surface area contributed by atoms with Crippen molar-refractivity contribution in [2.24, 2.45) is 11.7 Å². The lowest BCUT2D eigenvalue weighted by molar-refractivity contribution is -0.127. The van der Waals surface area contributed by atoms with E-state index in [9.17, 15) is 4.79 Å². The first-order valence-corrected chi connectivity index (χ1v) is 4.52. The van der Waals surface area contributed by atoms with E-state index in [4.69, 9.17) is 10.5 Å². The lowest BCUT2D eigenvalue weighted by Gasteiger charge is -2.08. The molecule has 0 radical (unpaired) electrons. The predicted molar refractivity (Wildman–Crippen MR) is 49.0 cm³/mol. The topological polar surface area (TPSA) is 52.3 Å². The first-order valence-electron chi connectivity index (χ1n) is 4.52. The summed E-state index contributed by atoms with van der Waals surface area (Å²) in [5, 5.41) is 0. The summed E-state index contributed by atoms with van der Waals surface area (Å²) < 4.78 is 5.04. The number of rotatable bonds is 7. The highest BCUT2D eigenvalue weighted by molar-refractivity contribution is 5.81. The molecule has 0 aliphatic carbocycles. The zero-order valence-corrected chi connectivity index (χ0v) is 8.01. The zero-order chi connectivity index (χ0) is 9.40. The average Bonchev–Trinajstić information content (AvgIpc) is 2.05. The van der Waals surface area contributed by atoms with E-state index >= 15 is 0 Å². The SMILES string of the molecule is CCCC(C)C(=O)COCCN. The van der Waals surface area contributed by atoms with Crippen molar-refractivity contribution in [3.8, 4) is 0 Å². The molecule has 0 amide bonds. The van der Waals surface area contributed by atoms with Gasteiger partial charge in [-0.15, -0.1) is 0 Å². The summed E-state index contributed by atoms with van der Waals surface area (Å²) in [6.07, 6.45) is 1.99. The van der Waals surface area contributed by atoms with Gasteiger partial charge in [-0.2, -0.15) is 0 Å². The molecule has 3 heteroatoms. The van der Waals surface area contributed by atoms with E-state index < -0.39 is 0 Å². The summed E-state index contributed by atoms with van der Waals surface area (Å²) in [5.74, 6) is 0.318. The number of nitrogens with two attached hydrogens (primary N) is 1. The van der Waals surface area contributed by atoms with E-state index in [2.05, 4.69) is 6.92 Å². The minimum absolute atomic E-state index is 0.132. The average molecular weight is 173 g/mol. The molecule has 12 heavy (non-hydrogen) atoms. The highest BCUT2D eigenvalue weighted by Crippen LogP contribution is 2.05. The van der Waals surface area contributed by atoms with Crippen molar-refractivity contribution < 1.29 is 9.53 Å². The number of carbonyl (C=O) groups excluding carboxylic acids is 1. The fourth-order valence-corrected chi connectivity index (χ4v) is 0.992. The van der Waals surface area contributed by atoms with Gasteiger partial charge in [0, 0.05) is 12.5 Å². The minimum atomic E-state index is 0.132. The second-order valence-electron chi connectivity index (χ2n) is 3.00. The van der Waals surface area contributed by atoms with Crippen LogP contribution >= 0.6 is 0 Å². The molecule has 0 aliphatic rings. The maximum atomic E-state index is 11.2. The Hall–Kier alpha value is -0.410.